The van der Waals surface area contributed by atoms with Gasteiger partial charge in [-0.05, 0) is 18.6 Å². The summed E-state index contributed by atoms with van der Waals surface area (Å²) in [6.07, 6.45) is 0.0545. The van der Waals surface area contributed by atoms with Crippen LogP contribution in [0.2, 0.25) is 5.15 Å². The summed E-state index contributed by atoms with van der Waals surface area (Å²) in [7, 11) is 0. The summed E-state index contributed by atoms with van der Waals surface area (Å²) >= 11 is 5.75. The zero-order chi connectivity index (χ0) is 14.2. The van der Waals surface area contributed by atoms with Gasteiger partial charge in [0.15, 0.2) is 0 Å². The molecule has 2 heterocycles. The van der Waals surface area contributed by atoms with E-state index >= 15 is 0 Å². The standard InChI is InChI=1S/C11H10ClN3O4/c1-5-4-6(10(13)14-9(5)12)11(18)19-15-7(16)2-3-8(15)17/h4H,2-3H2,1H3,(H2,13,14). The quantitative estimate of drug-likeness (QED) is 0.637. The molecule has 1 aliphatic heterocycles. The van der Waals surface area contributed by atoms with E-state index in [4.69, 9.17) is 22.2 Å². The van der Waals surface area contributed by atoms with Crippen LogP contribution in [0.4, 0.5) is 5.82 Å². The van der Waals surface area contributed by atoms with Crippen molar-refractivity contribution in [2.24, 2.45) is 0 Å². The van der Waals surface area contributed by atoms with Gasteiger partial charge in [0.05, 0.1) is 0 Å². The Balaban J connectivity index is 2.23. The summed E-state index contributed by atoms with van der Waals surface area (Å²) in [5, 5.41) is 0.619. The summed E-state index contributed by atoms with van der Waals surface area (Å²) in [5.74, 6) is -2.17. The molecule has 1 aromatic rings. The molecular weight excluding hydrogens is 274 g/mol. The van der Waals surface area contributed by atoms with Gasteiger partial charge in [-0.25, -0.2) is 9.78 Å². The van der Waals surface area contributed by atoms with Crippen LogP contribution in [0.5, 0.6) is 0 Å². The number of aryl methyl sites for hydroxylation is 1. The average Bonchev–Trinajstić information content (AvgIpc) is 2.65. The Labute approximate surface area is 113 Å². The van der Waals surface area contributed by atoms with Gasteiger partial charge in [-0.15, -0.1) is 5.06 Å². The first kappa shape index (κ1) is 13.3. The molecule has 0 aromatic carbocycles. The van der Waals surface area contributed by atoms with E-state index in [1.807, 2.05) is 0 Å². The van der Waals surface area contributed by atoms with Crippen LogP contribution in [0.25, 0.3) is 0 Å². The molecule has 2 N–H and O–H groups in total. The van der Waals surface area contributed by atoms with Crippen LogP contribution < -0.4 is 5.73 Å². The molecule has 0 atom stereocenters. The summed E-state index contributed by atoms with van der Waals surface area (Å²) in [6, 6.07) is 1.39. The maximum absolute atomic E-state index is 11.8. The number of nitrogens with zero attached hydrogens (tertiary/aromatic N) is 2. The number of rotatable bonds is 2. The Morgan fingerprint density at radius 2 is 2.00 bits per heavy atom. The number of pyridine rings is 1. The number of nitrogen functional groups attached to an aromatic ring is 1. The van der Waals surface area contributed by atoms with E-state index in [2.05, 4.69) is 4.98 Å². The van der Waals surface area contributed by atoms with Crippen LogP contribution in [-0.4, -0.2) is 27.8 Å². The lowest BCUT2D eigenvalue weighted by Crippen LogP contribution is -2.32. The van der Waals surface area contributed by atoms with Gasteiger partial charge in [-0.2, -0.15) is 0 Å². The normalized spacial score (nSPS) is 14.9. The van der Waals surface area contributed by atoms with Gasteiger partial charge in [0.25, 0.3) is 11.8 Å². The van der Waals surface area contributed by atoms with Crippen molar-refractivity contribution < 1.29 is 19.2 Å². The predicted molar refractivity (Wildman–Crippen MR) is 64.9 cm³/mol. The number of aromatic nitrogens is 1. The fourth-order valence-corrected chi connectivity index (χ4v) is 1.70. The minimum atomic E-state index is -0.923. The van der Waals surface area contributed by atoms with Crippen molar-refractivity contribution in [1.29, 1.82) is 0 Å². The number of carbonyl (C=O) groups excluding carboxylic acids is 3. The van der Waals surface area contributed by atoms with E-state index in [1.165, 1.54) is 6.07 Å². The van der Waals surface area contributed by atoms with Crippen molar-refractivity contribution in [2.75, 3.05) is 5.73 Å². The van der Waals surface area contributed by atoms with Crippen molar-refractivity contribution in [3.05, 3.63) is 22.3 Å². The lowest BCUT2D eigenvalue weighted by atomic mass is 10.2. The second-order valence-corrected chi connectivity index (χ2v) is 4.35. The number of imide groups is 1. The highest BCUT2D eigenvalue weighted by atomic mass is 35.5. The molecule has 0 radical (unpaired) electrons. The number of amides is 2. The van der Waals surface area contributed by atoms with Crippen molar-refractivity contribution >= 4 is 35.2 Å². The van der Waals surface area contributed by atoms with Gasteiger partial charge in [0.1, 0.15) is 16.5 Å². The molecule has 2 amide bonds. The number of hydroxylamine groups is 2. The molecule has 0 aliphatic carbocycles. The molecule has 1 aromatic heterocycles. The highest BCUT2D eigenvalue weighted by Gasteiger charge is 2.33. The molecule has 2 rings (SSSR count). The second-order valence-electron chi connectivity index (χ2n) is 3.99. The molecule has 1 fully saturated rings. The third-order valence-electron chi connectivity index (χ3n) is 2.58. The zero-order valence-corrected chi connectivity index (χ0v) is 10.7. The van der Waals surface area contributed by atoms with Crippen molar-refractivity contribution in [2.45, 2.75) is 19.8 Å². The topological polar surface area (TPSA) is 103 Å². The summed E-state index contributed by atoms with van der Waals surface area (Å²) in [5.41, 5.74) is 6.03. The predicted octanol–water partition coefficient (Wildman–Crippen LogP) is 0.846. The first-order chi connectivity index (χ1) is 8.90. The third kappa shape index (κ3) is 2.50. The van der Waals surface area contributed by atoms with Crippen LogP contribution in [-0.2, 0) is 14.4 Å². The van der Waals surface area contributed by atoms with Gasteiger partial charge in [0.2, 0.25) is 0 Å². The van der Waals surface area contributed by atoms with Gasteiger partial charge in [-0.1, -0.05) is 11.6 Å². The number of anilines is 1. The molecule has 19 heavy (non-hydrogen) atoms. The second kappa shape index (κ2) is 4.85. The Bertz CT molecular complexity index is 572. The number of nitrogens with two attached hydrogens (primary N) is 1. The Morgan fingerprint density at radius 3 is 2.58 bits per heavy atom. The minimum absolute atomic E-state index is 0.0273. The van der Waals surface area contributed by atoms with Crippen molar-refractivity contribution in [3.8, 4) is 0 Å². The molecule has 1 saturated heterocycles. The smallest absolute Gasteiger partial charge is 0.367 e. The van der Waals surface area contributed by atoms with Crippen molar-refractivity contribution in [1.82, 2.24) is 10.0 Å². The first-order valence-corrected chi connectivity index (χ1v) is 5.78. The largest absolute Gasteiger partial charge is 0.383 e. The highest BCUT2D eigenvalue weighted by Crippen LogP contribution is 2.21. The number of halogens is 1. The van der Waals surface area contributed by atoms with Crippen LogP contribution in [0.1, 0.15) is 28.8 Å². The van der Waals surface area contributed by atoms with Gasteiger partial charge in [0, 0.05) is 12.8 Å². The van der Waals surface area contributed by atoms with E-state index < -0.39 is 17.8 Å². The molecule has 7 nitrogen and oxygen atoms in total. The Morgan fingerprint density at radius 1 is 1.42 bits per heavy atom. The molecule has 8 heteroatoms. The maximum atomic E-state index is 11.8. The molecule has 0 spiro atoms. The van der Waals surface area contributed by atoms with E-state index in [0.29, 0.717) is 10.6 Å². The van der Waals surface area contributed by atoms with Gasteiger partial charge < -0.3 is 10.6 Å². The Hall–Kier alpha value is -2.15. The summed E-state index contributed by atoms with van der Waals surface area (Å²) in [4.78, 5) is 43.0. The third-order valence-corrected chi connectivity index (χ3v) is 2.96. The van der Waals surface area contributed by atoms with Crippen LogP contribution in [0.15, 0.2) is 6.07 Å². The van der Waals surface area contributed by atoms with Crippen LogP contribution in [0, 0.1) is 6.92 Å². The van der Waals surface area contributed by atoms with Gasteiger partial charge >= 0.3 is 5.97 Å². The minimum Gasteiger partial charge on any atom is -0.383 e. The number of hydrogen-bond acceptors (Lipinski definition) is 6. The number of hydrogen-bond donors (Lipinski definition) is 1. The fraction of sp³-hybridized carbons (Fsp3) is 0.273. The van der Waals surface area contributed by atoms with E-state index in [-0.39, 0.29) is 29.4 Å². The molecule has 0 unspecified atom stereocenters. The molecular formula is C11H10ClN3O4. The zero-order valence-electron chi connectivity index (χ0n) is 9.97. The molecule has 100 valence electrons. The van der Waals surface area contributed by atoms with E-state index in [1.54, 1.807) is 6.92 Å². The number of carbonyl (C=O) groups is 3. The summed E-state index contributed by atoms with van der Waals surface area (Å²) < 4.78 is 0. The molecule has 0 bridgehead atoms. The maximum Gasteiger partial charge on any atom is 0.367 e. The summed E-state index contributed by atoms with van der Waals surface area (Å²) in [6.45, 7) is 1.64. The van der Waals surface area contributed by atoms with Crippen molar-refractivity contribution in [3.63, 3.8) is 0 Å². The Kier molecular flexibility index (Phi) is 3.39. The van der Waals surface area contributed by atoms with E-state index in [9.17, 15) is 14.4 Å². The first-order valence-electron chi connectivity index (χ1n) is 5.41. The van der Waals surface area contributed by atoms with Crippen LogP contribution >= 0.6 is 11.6 Å². The lowest BCUT2D eigenvalue weighted by molar-refractivity contribution is -0.172. The van der Waals surface area contributed by atoms with Crippen LogP contribution in [0.3, 0.4) is 0 Å². The fourth-order valence-electron chi connectivity index (χ4n) is 1.56. The molecule has 0 saturated carbocycles. The lowest BCUT2D eigenvalue weighted by Gasteiger charge is -2.13. The van der Waals surface area contributed by atoms with Gasteiger partial charge in [-0.3, -0.25) is 9.59 Å². The SMILES string of the molecule is Cc1cc(C(=O)ON2C(=O)CCC2=O)c(N)nc1Cl. The van der Waals surface area contributed by atoms with E-state index in [0.717, 1.165) is 0 Å². The average molecular weight is 284 g/mol. The monoisotopic (exact) mass is 283 g/mol. The molecule has 1 aliphatic rings. The highest BCUT2D eigenvalue weighted by molar-refractivity contribution is 6.30.